The fourth-order valence-electron chi connectivity index (χ4n) is 6.53. The maximum absolute atomic E-state index is 7.21. The molecule has 5 aromatic carbocycles. The minimum Gasteiger partial charge on any atom is -0.457 e. The molecule has 3 nitrogen and oxygen atoms in total. The Bertz CT molecular complexity index is 2020. The van der Waals surface area contributed by atoms with Crippen LogP contribution in [0.2, 0.25) is 0 Å². The fraction of sp³-hybridized carbons (Fsp3) is 0.0256. The lowest BCUT2D eigenvalue weighted by molar-refractivity contribution is 0.434. The highest BCUT2D eigenvalue weighted by Crippen LogP contribution is 2.57. The van der Waals surface area contributed by atoms with Crippen LogP contribution in [-0.4, -0.2) is 4.98 Å². The summed E-state index contributed by atoms with van der Waals surface area (Å²) < 4.78 is 6.51. The van der Waals surface area contributed by atoms with E-state index in [4.69, 9.17) is 16.3 Å². The maximum Gasteiger partial charge on any atom is 0.187 e. The molecule has 42 heavy (non-hydrogen) atoms. The van der Waals surface area contributed by atoms with E-state index in [-0.39, 0.29) is 0 Å². The van der Waals surface area contributed by atoms with Crippen LogP contribution >= 0.6 is 0 Å². The highest BCUT2D eigenvalue weighted by atomic mass is 16.5. The topological polar surface area (TPSA) is 26.5 Å². The lowest BCUT2D eigenvalue weighted by atomic mass is 9.62. The van der Waals surface area contributed by atoms with Crippen molar-refractivity contribution < 1.29 is 4.74 Å². The molecule has 0 atom stereocenters. The summed E-state index contributed by atoms with van der Waals surface area (Å²) in [4.78, 5) is 8.31. The van der Waals surface area contributed by atoms with Gasteiger partial charge in [0.1, 0.15) is 11.5 Å². The minimum atomic E-state index is -0.575. The molecule has 1 aliphatic carbocycles. The summed E-state index contributed by atoms with van der Waals surface area (Å²) in [6.07, 6.45) is 6.42. The Morgan fingerprint density at radius 2 is 1.14 bits per heavy atom. The van der Waals surface area contributed by atoms with Crippen LogP contribution in [0.3, 0.4) is 0 Å². The summed E-state index contributed by atoms with van der Waals surface area (Å²) in [6.45, 7) is 7.21. The maximum atomic E-state index is 7.21. The van der Waals surface area contributed by atoms with Gasteiger partial charge >= 0.3 is 0 Å². The number of rotatable bonds is 2. The van der Waals surface area contributed by atoms with Gasteiger partial charge in [0.05, 0.1) is 17.7 Å². The normalized spacial score (nSPS) is 13.5. The average molecular weight is 537 g/mol. The Hall–Kier alpha value is -5.72. The van der Waals surface area contributed by atoms with Gasteiger partial charge in [0.25, 0.3) is 0 Å². The number of pyridine rings is 1. The first-order valence-electron chi connectivity index (χ1n) is 14.0. The highest BCUT2D eigenvalue weighted by molar-refractivity contribution is 5.85. The Balaban J connectivity index is 1.36. The third-order valence-corrected chi connectivity index (χ3v) is 8.46. The van der Waals surface area contributed by atoms with Crippen molar-refractivity contribution in [3.63, 3.8) is 0 Å². The smallest absolute Gasteiger partial charge is 0.187 e. The number of nitrogens with zero attached hydrogens (tertiary/aromatic N) is 2. The Labute approximate surface area is 244 Å². The lowest BCUT2D eigenvalue weighted by Crippen LogP contribution is -2.35. The van der Waals surface area contributed by atoms with Gasteiger partial charge in [0, 0.05) is 22.9 Å². The first kappa shape index (κ1) is 24.1. The number of benzene rings is 5. The van der Waals surface area contributed by atoms with E-state index >= 15 is 0 Å². The molecule has 0 saturated heterocycles. The summed E-state index contributed by atoms with van der Waals surface area (Å²) in [5.74, 6) is 1.75. The summed E-state index contributed by atoms with van der Waals surface area (Å²) in [5, 5.41) is 0. The van der Waals surface area contributed by atoms with Crippen LogP contribution in [0.25, 0.3) is 39.4 Å². The molecule has 1 aromatic heterocycles. The molecule has 1 aliphatic heterocycles. The predicted molar refractivity (Wildman–Crippen MR) is 169 cm³/mol. The molecule has 0 bridgehead atoms. The molecule has 0 fully saturated rings. The van der Waals surface area contributed by atoms with Crippen molar-refractivity contribution in [3.05, 3.63) is 178 Å². The van der Waals surface area contributed by atoms with E-state index in [0.717, 1.165) is 45.0 Å². The summed E-state index contributed by atoms with van der Waals surface area (Å²) in [6, 6.07) is 44.1. The van der Waals surface area contributed by atoms with Gasteiger partial charge in [-0.15, -0.1) is 0 Å². The van der Waals surface area contributed by atoms with Crippen LogP contribution in [0.5, 0.6) is 11.5 Å². The molecule has 8 rings (SSSR count). The highest BCUT2D eigenvalue weighted by Gasteiger charge is 2.47. The van der Waals surface area contributed by atoms with Gasteiger partial charge in [0.15, 0.2) is 5.69 Å². The van der Waals surface area contributed by atoms with Crippen molar-refractivity contribution in [1.29, 1.82) is 0 Å². The largest absolute Gasteiger partial charge is 0.457 e. The number of hydrogen-bond donors (Lipinski definition) is 0. The molecule has 1 spiro atoms. The minimum absolute atomic E-state index is 0.575. The molecule has 0 amide bonds. The number of ether oxygens (including phenoxy) is 1. The number of hydrogen-bond acceptors (Lipinski definition) is 2. The molecule has 6 aromatic rings. The molecule has 2 aliphatic rings. The van der Waals surface area contributed by atoms with Gasteiger partial charge in [0.2, 0.25) is 0 Å². The van der Waals surface area contributed by atoms with Gasteiger partial charge in [-0.25, -0.2) is 4.85 Å². The van der Waals surface area contributed by atoms with Crippen molar-refractivity contribution in [3.8, 4) is 33.9 Å². The van der Waals surface area contributed by atoms with Crippen molar-refractivity contribution in [1.82, 2.24) is 4.98 Å². The molecule has 0 radical (unpaired) electrons. The molecular weight excluding hydrogens is 512 g/mol. The molecule has 0 saturated carbocycles. The fourth-order valence-corrected chi connectivity index (χ4v) is 6.53. The van der Waals surface area contributed by atoms with E-state index < -0.39 is 5.41 Å². The predicted octanol–water partition coefficient (Wildman–Crippen LogP) is 9.94. The van der Waals surface area contributed by atoms with Crippen LogP contribution in [0.4, 0.5) is 5.69 Å². The standard InChI is InChI=1S/C39H24N2O/c1-40-31-21-18-28(19-22-31)36-23-20-30(25-41-36)29-17-16-27-15-14-26-8-2-3-9-32(26)39(35(27)24-29)33-10-4-6-12-37(33)42-38-13-7-5-11-34(38)39/h2-25H. The van der Waals surface area contributed by atoms with E-state index in [0.29, 0.717) is 5.69 Å². The van der Waals surface area contributed by atoms with Gasteiger partial charge in [-0.3, -0.25) is 4.98 Å². The van der Waals surface area contributed by atoms with Crippen LogP contribution in [0.1, 0.15) is 33.4 Å². The second-order valence-electron chi connectivity index (χ2n) is 10.7. The Morgan fingerprint density at radius 3 is 1.81 bits per heavy atom. The van der Waals surface area contributed by atoms with Crippen molar-refractivity contribution >= 4 is 17.8 Å². The van der Waals surface area contributed by atoms with Crippen molar-refractivity contribution in [2.24, 2.45) is 0 Å². The lowest BCUT2D eigenvalue weighted by Gasteiger charge is -2.42. The zero-order chi connectivity index (χ0) is 28.1. The van der Waals surface area contributed by atoms with E-state index in [2.05, 4.69) is 108 Å². The quantitative estimate of drug-likeness (QED) is 0.206. The van der Waals surface area contributed by atoms with Gasteiger partial charge in [-0.1, -0.05) is 115 Å². The number of fused-ring (bicyclic) bond motifs is 8. The molecule has 0 N–H and O–H groups in total. The van der Waals surface area contributed by atoms with Gasteiger partial charge in [-0.2, -0.15) is 0 Å². The first-order chi connectivity index (χ1) is 20.8. The second-order valence-corrected chi connectivity index (χ2v) is 10.7. The molecular formula is C39H24N2O. The SMILES string of the molecule is [C-]#[N+]c1ccc(-c2ccc(-c3ccc4c(c3)C3(c5ccccc5C=C4)c4ccccc4Oc4ccccc43)cn2)cc1. The van der Waals surface area contributed by atoms with E-state index in [1.807, 2.05) is 42.6 Å². The van der Waals surface area contributed by atoms with Crippen LogP contribution in [0, 0.1) is 6.57 Å². The molecule has 0 unspecified atom stereocenters. The molecule has 2 heterocycles. The number of aromatic nitrogens is 1. The zero-order valence-electron chi connectivity index (χ0n) is 22.7. The van der Waals surface area contributed by atoms with Crippen molar-refractivity contribution in [2.75, 3.05) is 0 Å². The van der Waals surface area contributed by atoms with E-state index in [1.165, 1.54) is 22.3 Å². The molecule has 3 heteroatoms. The first-order valence-corrected chi connectivity index (χ1v) is 14.0. The van der Waals surface area contributed by atoms with Crippen molar-refractivity contribution in [2.45, 2.75) is 5.41 Å². The van der Waals surface area contributed by atoms with Gasteiger partial charge < -0.3 is 4.74 Å². The second kappa shape index (κ2) is 9.44. The third kappa shape index (κ3) is 3.56. The monoisotopic (exact) mass is 536 g/mol. The Kier molecular flexibility index (Phi) is 5.42. The summed E-state index contributed by atoms with van der Waals surface area (Å²) in [5.41, 5.74) is 11.1. The average Bonchev–Trinajstić information content (AvgIpc) is 3.20. The third-order valence-electron chi connectivity index (χ3n) is 8.46. The van der Waals surface area contributed by atoms with Gasteiger partial charge in [-0.05, 0) is 57.6 Å². The summed E-state index contributed by atoms with van der Waals surface area (Å²) in [7, 11) is 0. The van der Waals surface area contributed by atoms with Crippen LogP contribution in [0.15, 0.2) is 134 Å². The molecule has 196 valence electrons. The van der Waals surface area contributed by atoms with E-state index in [9.17, 15) is 0 Å². The summed E-state index contributed by atoms with van der Waals surface area (Å²) >= 11 is 0. The Morgan fingerprint density at radius 1 is 0.548 bits per heavy atom. The zero-order valence-corrected chi connectivity index (χ0v) is 22.7. The van der Waals surface area contributed by atoms with E-state index in [1.54, 1.807) is 0 Å². The van der Waals surface area contributed by atoms with Crippen LogP contribution in [-0.2, 0) is 5.41 Å². The number of para-hydroxylation sites is 2. The van der Waals surface area contributed by atoms with Crippen LogP contribution < -0.4 is 4.74 Å².